The minimum atomic E-state index is -0.621. The molecule has 3 nitrogen and oxygen atoms in total. The van der Waals surface area contributed by atoms with Gasteiger partial charge in [0.2, 0.25) is 0 Å². The topological polar surface area (TPSA) is 35.5 Å². The molecule has 0 amide bonds. The van der Waals surface area contributed by atoms with Crippen LogP contribution in [0.4, 0.5) is 0 Å². The zero-order valence-corrected chi connectivity index (χ0v) is 12.4. The lowest BCUT2D eigenvalue weighted by atomic mass is 10.1. The van der Waals surface area contributed by atoms with Crippen molar-refractivity contribution in [2.45, 2.75) is 18.9 Å². The lowest BCUT2D eigenvalue weighted by molar-refractivity contribution is 0.173. The van der Waals surface area contributed by atoms with Crippen molar-refractivity contribution in [3.05, 3.63) is 33.8 Å². The van der Waals surface area contributed by atoms with E-state index in [1.807, 2.05) is 0 Å². The lowest BCUT2D eigenvalue weighted by Gasteiger charge is -2.17. The van der Waals surface area contributed by atoms with Crippen LogP contribution in [0.15, 0.2) is 18.2 Å². The normalized spacial score (nSPS) is 17.8. The Labute approximate surface area is 124 Å². The summed E-state index contributed by atoms with van der Waals surface area (Å²) in [6.07, 6.45) is 1.99. The zero-order valence-electron chi connectivity index (χ0n) is 10.9. The van der Waals surface area contributed by atoms with Crippen LogP contribution in [0.5, 0.6) is 0 Å². The van der Waals surface area contributed by atoms with Crippen LogP contribution >= 0.6 is 23.2 Å². The van der Waals surface area contributed by atoms with Gasteiger partial charge < -0.3 is 15.3 Å². The second kappa shape index (κ2) is 7.46. The highest BCUT2D eigenvalue weighted by Gasteiger charge is 2.13. The van der Waals surface area contributed by atoms with Crippen molar-refractivity contribution in [1.82, 2.24) is 10.2 Å². The Kier molecular flexibility index (Phi) is 5.92. The zero-order chi connectivity index (χ0) is 13.7. The van der Waals surface area contributed by atoms with Gasteiger partial charge in [0.25, 0.3) is 0 Å². The first kappa shape index (κ1) is 15.1. The fourth-order valence-corrected chi connectivity index (χ4v) is 2.79. The molecule has 19 heavy (non-hydrogen) atoms. The van der Waals surface area contributed by atoms with Gasteiger partial charge >= 0.3 is 0 Å². The molecule has 1 saturated heterocycles. The molecule has 106 valence electrons. The van der Waals surface area contributed by atoms with Crippen LogP contribution in [0, 0.1) is 0 Å². The summed E-state index contributed by atoms with van der Waals surface area (Å²) in [6.45, 7) is 4.81. The third-order valence-corrected chi connectivity index (χ3v) is 4.04. The molecule has 2 N–H and O–H groups in total. The number of likely N-dealkylation sites (tertiary alicyclic amines) is 1. The molecule has 0 saturated carbocycles. The first-order valence-corrected chi connectivity index (χ1v) is 7.48. The Morgan fingerprint density at radius 3 is 2.74 bits per heavy atom. The molecule has 1 aromatic carbocycles. The van der Waals surface area contributed by atoms with Crippen LogP contribution in [-0.4, -0.2) is 42.7 Å². The Balaban J connectivity index is 1.74. The van der Waals surface area contributed by atoms with Crippen molar-refractivity contribution >= 4 is 23.2 Å². The van der Waals surface area contributed by atoms with Crippen molar-refractivity contribution in [2.75, 3.05) is 32.7 Å². The van der Waals surface area contributed by atoms with E-state index in [0.717, 1.165) is 13.1 Å². The summed E-state index contributed by atoms with van der Waals surface area (Å²) in [5.74, 6) is 0. The number of nitrogens with one attached hydrogen (secondary N) is 1. The average Bonchev–Trinajstić information content (AvgIpc) is 2.90. The summed E-state index contributed by atoms with van der Waals surface area (Å²) in [6, 6.07) is 5.16. The van der Waals surface area contributed by atoms with Crippen LogP contribution in [0.2, 0.25) is 10.0 Å². The van der Waals surface area contributed by atoms with Gasteiger partial charge in [-0.25, -0.2) is 0 Å². The molecule has 0 spiro atoms. The number of halogens is 2. The van der Waals surface area contributed by atoms with Crippen LogP contribution in [0.3, 0.4) is 0 Å². The number of aliphatic hydroxyl groups is 1. The van der Waals surface area contributed by atoms with E-state index in [9.17, 15) is 5.11 Å². The first-order valence-electron chi connectivity index (χ1n) is 6.73. The maximum Gasteiger partial charge on any atom is 0.0929 e. The predicted molar refractivity (Wildman–Crippen MR) is 80.0 cm³/mol. The van der Waals surface area contributed by atoms with Gasteiger partial charge in [0.05, 0.1) is 6.10 Å². The van der Waals surface area contributed by atoms with E-state index in [1.165, 1.54) is 25.9 Å². The van der Waals surface area contributed by atoms with Crippen LogP contribution in [0.25, 0.3) is 0 Å². The smallest absolute Gasteiger partial charge is 0.0929 e. The Morgan fingerprint density at radius 1 is 1.26 bits per heavy atom. The highest BCUT2D eigenvalue weighted by atomic mass is 35.5. The molecule has 1 heterocycles. The summed E-state index contributed by atoms with van der Waals surface area (Å²) >= 11 is 12.0. The summed E-state index contributed by atoms with van der Waals surface area (Å²) < 4.78 is 0. The number of benzene rings is 1. The van der Waals surface area contributed by atoms with Gasteiger partial charge in [0.1, 0.15) is 0 Å². The minimum Gasteiger partial charge on any atom is -0.387 e. The van der Waals surface area contributed by atoms with E-state index >= 15 is 0 Å². The molecule has 1 unspecified atom stereocenters. The van der Waals surface area contributed by atoms with E-state index in [0.29, 0.717) is 22.2 Å². The Hall–Kier alpha value is -0.320. The van der Waals surface area contributed by atoms with Gasteiger partial charge in [-0.1, -0.05) is 23.2 Å². The van der Waals surface area contributed by atoms with Crippen LogP contribution < -0.4 is 5.32 Å². The maximum atomic E-state index is 10.1. The van der Waals surface area contributed by atoms with Crippen LogP contribution in [0.1, 0.15) is 24.5 Å². The Bertz CT molecular complexity index is 408. The molecule has 0 aliphatic carbocycles. The summed E-state index contributed by atoms with van der Waals surface area (Å²) in [4.78, 5) is 2.44. The van der Waals surface area contributed by atoms with Crippen molar-refractivity contribution < 1.29 is 5.11 Å². The van der Waals surface area contributed by atoms with E-state index in [-0.39, 0.29) is 0 Å². The molecule has 1 aliphatic heterocycles. The molecular weight excluding hydrogens is 283 g/mol. The van der Waals surface area contributed by atoms with E-state index < -0.39 is 6.10 Å². The predicted octanol–water partition coefficient (Wildman–Crippen LogP) is 2.71. The molecule has 0 aromatic heterocycles. The third kappa shape index (κ3) is 4.62. The quantitative estimate of drug-likeness (QED) is 0.793. The number of aliphatic hydroxyl groups excluding tert-OH is 1. The maximum absolute atomic E-state index is 10.1. The standard InChI is InChI=1S/C14H20Cl2N2O/c15-11-3-4-13(16)12(9-11)14(19)10-17-5-8-18-6-1-2-7-18/h3-4,9,14,17,19H,1-2,5-8,10H2. The molecule has 1 aliphatic rings. The van der Waals surface area contributed by atoms with Crippen LogP contribution in [-0.2, 0) is 0 Å². The van der Waals surface area contributed by atoms with Crippen molar-refractivity contribution in [3.8, 4) is 0 Å². The Morgan fingerprint density at radius 2 is 2.00 bits per heavy atom. The second-order valence-electron chi connectivity index (χ2n) is 4.93. The lowest BCUT2D eigenvalue weighted by Crippen LogP contribution is -2.32. The average molecular weight is 303 g/mol. The summed E-state index contributed by atoms with van der Waals surface area (Å²) in [5.41, 5.74) is 0.683. The molecule has 1 atom stereocenters. The van der Waals surface area contributed by atoms with Crippen molar-refractivity contribution in [3.63, 3.8) is 0 Å². The fourth-order valence-electron chi connectivity index (χ4n) is 2.36. The van der Waals surface area contributed by atoms with E-state index in [2.05, 4.69) is 10.2 Å². The second-order valence-corrected chi connectivity index (χ2v) is 5.78. The van der Waals surface area contributed by atoms with Gasteiger partial charge in [0.15, 0.2) is 0 Å². The largest absolute Gasteiger partial charge is 0.387 e. The van der Waals surface area contributed by atoms with E-state index in [1.54, 1.807) is 18.2 Å². The highest BCUT2D eigenvalue weighted by Crippen LogP contribution is 2.25. The molecular formula is C14H20Cl2N2O. The summed E-state index contributed by atoms with van der Waals surface area (Å²) in [5, 5.41) is 14.5. The number of hydrogen-bond donors (Lipinski definition) is 2. The molecule has 5 heteroatoms. The van der Waals surface area contributed by atoms with E-state index in [4.69, 9.17) is 23.2 Å². The number of rotatable bonds is 6. The minimum absolute atomic E-state index is 0.494. The molecule has 0 bridgehead atoms. The van der Waals surface area contributed by atoms with Crippen molar-refractivity contribution in [1.29, 1.82) is 0 Å². The van der Waals surface area contributed by atoms with Gasteiger partial charge in [-0.2, -0.15) is 0 Å². The monoisotopic (exact) mass is 302 g/mol. The first-order chi connectivity index (χ1) is 9.16. The number of hydrogen-bond acceptors (Lipinski definition) is 3. The molecule has 2 rings (SSSR count). The fraction of sp³-hybridized carbons (Fsp3) is 0.571. The number of nitrogens with zero attached hydrogens (tertiary/aromatic N) is 1. The van der Waals surface area contributed by atoms with Gasteiger partial charge in [-0.05, 0) is 44.1 Å². The molecule has 1 aromatic rings. The van der Waals surface area contributed by atoms with Gasteiger partial charge in [-0.3, -0.25) is 0 Å². The van der Waals surface area contributed by atoms with Gasteiger partial charge in [-0.15, -0.1) is 0 Å². The van der Waals surface area contributed by atoms with Crippen molar-refractivity contribution in [2.24, 2.45) is 0 Å². The highest BCUT2D eigenvalue weighted by molar-refractivity contribution is 6.33. The summed E-state index contributed by atoms with van der Waals surface area (Å²) in [7, 11) is 0. The molecule has 0 radical (unpaired) electrons. The SMILES string of the molecule is OC(CNCCN1CCCC1)c1cc(Cl)ccc1Cl. The third-order valence-electron chi connectivity index (χ3n) is 3.46. The van der Waals surface area contributed by atoms with Gasteiger partial charge in [0, 0.05) is 35.2 Å². The molecule has 1 fully saturated rings.